The lowest BCUT2D eigenvalue weighted by Crippen LogP contribution is -2.38. The molecule has 0 atom stereocenters. The normalized spacial score (nSPS) is 14.7. The summed E-state index contributed by atoms with van der Waals surface area (Å²) in [4.78, 5) is 14.0. The molecule has 1 aliphatic rings. The number of rotatable bonds is 7. The van der Waals surface area contributed by atoms with Crippen LogP contribution in [0.1, 0.15) is 0 Å². The average Bonchev–Trinajstić information content (AvgIpc) is 3.08. The summed E-state index contributed by atoms with van der Waals surface area (Å²) in [5, 5.41) is 10.5. The van der Waals surface area contributed by atoms with Gasteiger partial charge < -0.3 is 19.7 Å². The third-order valence-electron chi connectivity index (χ3n) is 4.04. The van der Waals surface area contributed by atoms with E-state index in [1.165, 1.54) is 7.11 Å². The van der Waals surface area contributed by atoms with Crippen molar-refractivity contribution in [2.75, 3.05) is 49.4 Å². The second-order valence-electron chi connectivity index (χ2n) is 6.12. The summed E-state index contributed by atoms with van der Waals surface area (Å²) in [5.41, 5.74) is 0.478. The standard InChI is InChI=1S/C17H20F3N5O3S/c1-27-13-5-3-2-4-12(13)21-14(26)10-29-16-23-22-15(24-6-8-28-9-7-24)25(16)11-17(18,19)20/h2-5H,6-11H2,1H3,(H,21,26). The number of benzene rings is 1. The largest absolute Gasteiger partial charge is 0.495 e. The van der Waals surface area contributed by atoms with Crippen molar-refractivity contribution < 1.29 is 27.4 Å². The number of para-hydroxylation sites is 2. The highest BCUT2D eigenvalue weighted by molar-refractivity contribution is 7.99. The van der Waals surface area contributed by atoms with E-state index in [0.717, 1.165) is 16.3 Å². The number of hydrogen-bond donors (Lipinski definition) is 1. The summed E-state index contributed by atoms with van der Waals surface area (Å²) in [6.45, 7) is 0.429. The van der Waals surface area contributed by atoms with E-state index < -0.39 is 18.6 Å². The molecule has 0 aliphatic carbocycles. The Morgan fingerprint density at radius 3 is 2.69 bits per heavy atom. The van der Waals surface area contributed by atoms with Gasteiger partial charge in [-0.25, -0.2) is 0 Å². The summed E-state index contributed by atoms with van der Waals surface area (Å²) < 4.78 is 50.7. The van der Waals surface area contributed by atoms with E-state index in [2.05, 4.69) is 15.5 Å². The maximum atomic E-state index is 13.1. The molecule has 1 saturated heterocycles. The smallest absolute Gasteiger partial charge is 0.406 e. The number of aromatic nitrogens is 3. The first kappa shape index (κ1) is 21.2. The lowest BCUT2D eigenvalue weighted by molar-refractivity contribution is -0.141. The van der Waals surface area contributed by atoms with Crippen LogP contribution in [0.15, 0.2) is 29.4 Å². The van der Waals surface area contributed by atoms with Crippen molar-refractivity contribution in [3.8, 4) is 5.75 Å². The van der Waals surface area contributed by atoms with Crippen molar-refractivity contribution in [2.45, 2.75) is 17.9 Å². The fourth-order valence-electron chi connectivity index (χ4n) is 2.77. The Morgan fingerprint density at radius 1 is 1.28 bits per heavy atom. The first-order valence-electron chi connectivity index (χ1n) is 8.75. The average molecular weight is 431 g/mol. The van der Waals surface area contributed by atoms with Crippen molar-refractivity contribution in [2.24, 2.45) is 0 Å². The Kier molecular flexibility index (Phi) is 6.85. The minimum absolute atomic E-state index is 0.0268. The molecule has 0 unspecified atom stereocenters. The third kappa shape index (κ3) is 5.76. The molecule has 158 valence electrons. The SMILES string of the molecule is COc1ccccc1NC(=O)CSc1nnc(N2CCOCC2)n1CC(F)(F)F. The zero-order valence-electron chi connectivity index (χ0n) is 15.6. The number of amides is 1. The minimum Gasteiger partial charge on any atom is -0.495 e. The second-order valence-corrected chi connectivity index (χ2v) is 7.06. The van der Waals surface area contributed by atoms with Crippen molar-refractivity contribution in [1.82, 2.24) is 14.8 Å². The molecule has 29 heavy (non-hydrogen) atoms. The van der Waals surface area contributed by atoms with Gasteiger partial charge in [-0.15, -0.1) is 10.2 Å². The van der Waals surface area contributed by atoms with E-state index in [1.54, 1.807) is 29.2 Å². The molecule has 12 heteroatoms. The van der Waals surface area contributed by atoms with Crippen molar-refractivity contribution in [1.29, 1.82) is 0 Å². The number of hydrogen-bond acceptors (Lipinski definition) is 7. The molecule has 1 aromatic heterocycles. The molecule has 1 aliphatic heterocycles. The molecule has 1 N–H and O–H groups in total. The van der Waals surface area contributed by atoms with E-state index in [1.807, 2.05) is 0 Å². The molecule has 2 heterocycles. The van der Waals surface area contributed by atoms with Crippen LogP contribution in [0.4, 0.5) is 24.8 Å². The molecule has 2 aromatic rings. The Hall–Kier alpha value is -2.47. The molecule has 0 spiro atoms. The summed E-state index contributed by atoms with van der Waals surface area (Å²) in [7, 11) is 1.48. The highest BCUT2D eigenvalue weighted by Gasteiger charge is 2.33. The Balaban J connectivity index is 1.70. The van der Waals surface area contributed by atoms with Gasteiger partial charge in [0, 0.05) is 13.1 Å². The van der Waals surface area contributed by atoms with E-state index in [-0.39, 0.29) is 16.9 Å². The molecule has 1 fully saturated rings. The number of carbonyl (C=O) groups is 1. The minimum atomic E-state index is -4.45. The van der Waals surface area contributed by atoms with Gasteiger partial charge in [-0.2, -0.15) is 13.2 Å². The van der Waals surface area contributed by atoms with Crippen molar-refractivity contribution >= 4 is 29.3 Å². The van der Waals surface area contributed by atoms with Crippen molar-refractivity contribution in [3.63, 3.8) is 0 Å². The second kappa shape index (κ2) is 9.35. The molecule has 1 aromatic carbocycles. The summed E-state index contributed by atoms with van der Waals surface area (Å²) in [5.74, 6) is 0.0879. The lowest BCUT2D eigenvalue weighted by Gasteiger charge is -2.28. The number of nitrogens with one attached hydrogen (secondary N) is 1. The number of carbonyl (C=O) groups excluding carboxylic acids is 1. The zero-order valence-corrected chi connectivity index (χ0v) is 16.4. The summed E-state index contributed by atoms with van der Waals surface area (Å²) in [6, 6.07) is 6.86. The number of morpholine rings is 1. The Morgan fingerprint density at radius 2 is 2.00 bits per heavy atom. The highest BCUT2D eigenvalue weighted by Crippen LogP contribution is 2.28. The number of thioether (sulfide) groups is 1. The molecular weight excluding hydrogens is 411 g/mol. The number of ether oxygens (including phenoxy) is 2. The van der Waals surface area contributed by atoms with E-state index >= 15 is 0 Å². The van der Waals surface area contributed by atoms with Crippen molar-refractivity contribution in [3.05, 3.63) is 24.3 Å². The number of nitrogens with zero attached hydrogens (tertiary/aromatic N) is 4. The van der Waals surface area contributed by atoms with Crippen LogP contribution in [0.25, 0.3) is 0 Å². The predicted molar refractivity (Wildman–Crippen MR) is 101 cm³/mol. The van der Waals surface area contributed by atoms with Crippen LogP contribution in [0, 0.1) is 0 Å². The Bertz CT molecular complexity index is 840. The maximum absolute atomic E-state index is 13.1. The van der Waals surface area contributed by atoms with Gasteiger partial charge in [-0.1, -0.05) is 23.9 Å². The van der Waals surface area contributed by atoms with Crippen LogP contribution in [-0.4, -0.2) is 66.0 Å². The predicted octanol–water partition coefficient (Wildman–Crippen LogP) is 2.42. The van der Waals surface area contributed by atoms with Gasteiger partial charge in [-0.3, -0.25) is 9.36 Å². The zero-order chi connectivity index (χ0) is 20.9. The molecular formula is C17H20F3N5O3S. The molecule has 3 rings (SSSR count). The van der Waals surface area contributed by atoms with E-state index in [0.29, 0.717) is 37.7 Å². The number of halogens is 3. The van der Waals surface area contributed by atoms with Crippen LogP contribution in [0.3, 0.4) is 0 Å². The Labute approximate surface area is 169 Å². The molecule has 0 saturated carbocycles. The number of methoxy groups -OCH3 is 1. The van der Waals surface area contributed by atoms with Crippen LogP contribution in [0.2, 0.25) is 0 Å². The topological polar surface area (TPSA) is 81.5 Å². The van der Waals surface area contributed by atoms with Crippen LogP contribution in [0.5, 0.6) is 5.75 Å². The number of anilines is 2. The van der Waals surface area contributed by atoms with Crippen LogP contribution in [-0.2, 0) is 16.1 Å². The quantitative estimate of drug-likeness (QED) is 0.675. The van der Waals surface area contributed by atoms with Crippen LogP contribution >= 0.6 is 11.8 Å². The van der Waals surface area contributed by atoms with Gasteiger partial charge >= 0.3 is 6.18 Å². The van der Waals surface area contributed by atoms with Gasteiger partial charge in [0.1, 0.15) is 12.3 Å². The molecule has 0 bridgehead atoms. The molecule has 8 nitrogen and oxygen atoms in total. The molecule has 0 radical (unpaired) electrons. The van der Waals surface area contributed by atoms with Gasteiger partial charge in [0.15, 0.2) is 5.16 Å². The first-order valence-corrected chi connectivity index (χ1v) is 9.74. The van der Waals surface area contributed by atoms with Gasteiger partial charge in [0.05, 0.1) is 31.8 Å². The molecule has 1 amide bonds. The third-order valence-corrected chi connectivity index (χ3v) is 5.01. The maximum Gasteiger partial charge on any atom is 0.406 e. The first-order chi connectivity index (χ1) is 13.9. The van der Waals surface area contributed by atoms with E-state index in [9.17, 15) is 18.0 Å². The fraction of sp³-hybridized carbons (Fsp3) is 0.471. The van der Waals surface area contributed by atoms with Gasteiger partial charge in [0.25, 0.3) is 0 Å². The highest BCUT2D eigenvalue weighted by atomic mass is 32.2. The monoisotopic (exact) mass is 431 g/mol. The van der Waals surface area contributed by atoms with Gasteiger partial charge in [-0.05, 0) is 12.1 Å². The number of alkyl halides is 3. The summed E-state index contributed by atoms with van der Waals surface area (Å²) in [6.07, 6.45) is -4.45. The lowest BCUT2D eigenvalue weighted by atomic mass is 10.3. The van der Waals surface area contributed by atoms with Gasteiger partial charge in [0.2, 0.25) is 11.9 Å². The summed E-state index contributed by atoms with van der Waals surface area (Å²) >= 11 is 0.892. The fourth-order valence-corrected chi connectivity index (χ4v) is 3.50. The van der Waals surface area contributed by atoms with Crippen LogP contribution < -0.4 is 15.0 Å². The van der Waals surface area contributed by atoms with E-state index in [4.69, 9.17) is 9.47 Å².